The van der Waals surface area contributed by atoms with Crippen LogP contribution in [-0.4, -0.2) is 55.7 Å². The summed E-state index contributed by atoms with van der Waals surface area (Å²) in [4.78, 5) is 25.8. The van der Waals surface area contributed by atoms with Gasteiger partial charge in [0.15, 0.2) is 0 Å². The molecule has 1 aliphatic rings. The van der Waals surface area contributed by atoms with Crippen LogP contribution in [0.1, 0.15) is 47.5 Å². The molecule has 0 radical (unpaired) electrons. The topological polar surface area (TPSA) is 70.7 Å². The first-order valence-corrected chi connectivity index (χ1v) is 8.51. The fourth-order valence-electron chi connectivity index (χ4n) is 2.62. The Hall–Kier alpha value is -1.30. The van der Waals surface area contributed by atoms with Crippen molar-refractivity contribution in [3.63, 3.8) is 0 Å². The molecule has 1 fully saturated rings. The zero-order valence-electron chi connectivity index (χ0n) is 15.5. The van der Waals surface area contributed by atoms with Crippen LogP contribution in [-0.2, 0) is 9.53 Å². The average molecular weight is 327 g/mol. The maximum Gasteiger partial charge on any atom is 0.317 e. The summed E-state index contributed by atoms with van der Waals surface area (Å²) in [5.41, 5.74) is -0.263. The lowest BCUT2D eigenvalue weighted by atomic mass is 9.71. The van der Waals surface area contributed by atoms with Crippen LogP contribution in [0.4, 0.5) is 4.79 Å². The molecule has 0 aliphatic carbocycles. The van der Waals surface area contributed by atoms with Gasteiger partial charge in [0, 0.05) is 18.6 Å². The lowest BCUT2D eigenvalue weighted by molar-refractivity contribution is -0.154. The number of ether oxygens (including phenoxy) is 1. The largest absolute Gasteiger partial charge is 0.464 e. The van der Waals surface area contributed by atoms with Gasteiger partial charge in [0.1, 0.15) is 6.61 Å². The molecule has 0 aromatic carbocycles. The predicted molar refractivity (Wildman–Crippen MR) is 91.2 cm³/mol. The molecule has 0 aromatic rings. The zero-order valence-corrected chi connectivity index (χ0v) is 15.5. The fraction of sp³-hybridized carbons (Fsp3) is 0.882. The standard InChI is InChI=1S/C17H33N3O3/c1-7-16(2,3)13(12-17(4,5)18-6)14(21)23-11-10-20-9-8-19-15(20)22/h13,18H,7-12H2,1-6H3,(H,19,22). The number of nitrogens with zero attached hydrogens (tertiary/aromatic N) is 1. The van der Waals surface area contributed by atoms with Crippen LogP contribution in [0.5, 0.6) is 0 Å². The summed E-state index contributed by atoms with van der Waals surface area (Å²) in [6, 6.07) is -0.0807. The molecule has 0 aromatic heterocycles. The molecule has 0 saturated carbocycles. The summed E-state index contributed by atoms with van der Waals surface area (Å²) in [7, 11) is 1.91. The quantitative estimate of drug-likeness (QED) is 0.636. The lowest BCUT2D eigenvalue weighted by Gasteiger charge is -2.37. The van der Waals surface area contributed by atoms with Gasteiger partial charge in [-0.25, -0.2) is 4.79 Å². The van der Waals surface area contributed by atoms with Gasteiger partial charge in [0.05, 0.1) is 12.5 Å². The van der Waals surface area contributed by atoms with E-state index in [0.29, 0.717) is 26.1 Å². The third-order valence-corrected chi connectivity index (χ3v) is 5.08. The molecule has 0 bridgehead atoms. The van der Waals surface area contributed by atoms with Crippen molar-refractivity contribution in [1.29, 1.82) is 0 Å². The molecular weight excluding hydrogens is 294 g/mol. The van der Waals surface area contributed by atoms with E-state index < -0.39 is 0 Å². The number of amides is 2. The van der Waals surface area contributed by atoms with Crippen molar-refractivity contribution in [2.24, 2.45) is 11.3 Å². The minimum atomic E-state index is -0.178. The number of urea groups is 1. The summed E-state index contributed by atoms with van der Waals surface area (Å²) in [6.07, 6.45) is 1.62. The molecule has 1 rings (SSSR count). The second kappa shape index (κ2) is 7.99. The van der Waals surface area contributed by atoms with E-state index in [-0.39, 0.29) is 35.5 Å². The van der Waals surface area contributed by atoms with Gasteiger partial charge < -0.3 is 20.3 Å². The Labute approximate surface area is 140 Å². The molecule has 134 valence electrons. The van der Waals surface area contributed by atoms with Crippen molar-refractivity contribution in [2.75, 3.05) is 33.3 Å². The van der Waals surface area contributed by atoms with Gasteiger partial charge >= 0.3 is 12.0 Å². The highest BCUT2D eigenvalue weighted by molar-refractivity contribution is 5.76. The minimum absolute atomic E-state index is 0.0807. The van der Waals surface area contributed by atoms with Crippen molar-refractivity contribution in [1.82, 2.24) is 15.5 Å². The van der Waals surface area contributed by atoms with E-state index in [2.05, 4.69) is 45.3 Å². The Morgan fingerprint density at radius 3 is 2.52 bits per heavy atom. The smallest absolute Gasteiger partial charge is 0.317 e. The Morgan fingerprint density at radius 2 is 2.04 bits per heavy atom. The normalized spacial score (nSPS) is 17.1. The highest BCUT2D eigenvalue weighted by Gasteiger charge is 2.38. The number of nitrogens with one attached hydrogen (secondary N) is 2. The Morgan fingerprint density at radius 1 is 1.39 bits per heavy atom. The maximum absolute atomic E-state index is 12.6. The monoisotopic (exact) mass is 327 g/mol. The summed E-state index contributed by atoms with van der Waals surface area (Å²) in [5, 5.41) is 6.00. The first-order chi connectivity index (χ1) is 10.6. The minimum Gasteiger partial charge on any atom is -0.464 e. The van der Waals surface area contributed by atoms with Crippen LogP contribution in [0.15, 0.2) is 0 Å². The van der Waals surface area contributed by atoms with Crippen molar-refractivity contribution in [3.8, 4) is 0 Å². The van der Waals surface area contributed by atoms with Gasteiger partial charge in [-0.2, -0.15) is 0 Å². The number of esters is 1. The van der Waals surface area contributed by atoms with Crippen molar-refractivity contribution in [3.05, 3.63) is 0 Å². The average Bonchev–Trinajstić information content (AvgIpc) is 2.90. The Kier molecular flexibility index (Phi) is 6.86. The van der Waals surface area contributed by atoms with E-state index in [1.54, 1.807) is 4.90 Å². The van der Waals surface area contributed by atoms with Crippen LogP contribution in [0.3, 0.4) is 0 Å². The van der Waals surface area contributed by atoms with Gasteiger partial charge in [0.25, 0.3) is 0 Å². The SMILES string of the molecule is CCC(C)(C)C(CC(C)(C)NC)C(=O)OCCN1CCNC1=O. The second-order valence-electron chi connectivity index (χ2n) is 7.62. The van der Waals surface area contributed by atoms with E-state index in [4.69, 9.17) is 4.74 Å². The fourth-order valence-corrected chi connectivity index (χ4v) is 2.62. The molecular formula is C17H33N3O3. The van der Waals surface area contributed by atoms with Crippen LogP contribution in [0, 0.1) is 11.3 Å². The highest BCUT2D eigenvalue weighted by Crippen LogP contribution is 2.36. The third-order valence-electron chi connectivity index (χ3n) is 5.08. The Bertz CT molecular complexity index is 421. The van der Waals surface area contributed by atoms with E-state index >= 15 is 0 Å². The summed E-state index contributed by atoms with van der Waals surface area (Å²) in [6.45, 7) is 12.5. The van der Waals surface area contributed by atoms with Gasteiger partial charge in [-0.3, -0.25) is 4.79 Å². The first kappa shape index (κ1) is 19.7. The lowest BCUT2D eigenvalue weighted by Crippen LogP contribution is -2.44. The molecule has 0 spiro atoms. The molecule has 1 aliphatic heterocycles. The summed E-state index contributed by atoms with van der Waals surface area (Å²) < 4.78 is 5.50. The number of hydrogen-bond acceptors (Lipinski definition) is 4. The van der Waals surface area contributed by atoms with E-state index in [9.17, 15) is 9.59 Å². The number of rotatable bonds is 9. The van der Waals surface area contributed by atoms with Crippen LogP contribution < -0.4 is 10.6 Å². The molecule has 2 amide bonds. The van der Waals surface area contributed by atoms with Crippen LogP contribution in [0.2, 0.25) is 0 Å². The second-order valence-corrected chi connectivity index (χ2v) is 7.62. The Balaban J connectivity index is 2.62. The van der Waals surface area contributed by atoms with Crippen molar-refractivity contribution in [2.45, 2.75) is 53.0 Å². The van der Waals surface area contributed by atoms with Crippen molar-refractivity contribution < 1.29 is 14.3 Å². The summed E-state index contributed by atoms with van der Waals surface area (Å²) in [5.74, 6) is -0.345. The molecule has 2 N–H and O–H groups in total. The number of carbonyl (C=O) groups excluding carboxylic acids is 2. The van der Waals surface area contributed by atoms with Crippen LogP contribution in [0.25, 0.3) is 0 Å². The molecule has 6 nitrogen and oxygen atoms in total. The van der Waals surface area contributed by atoms with Gasteiger partial charge in [-0.05, 0) is 32.7 Å². The molecule has 1 unspecified atom stereocenters. The molecule has 1 atom stereocenters. The van der Waals surface area contributed by atoms with Gasteiger partial charge in [0.2, 0.25) is 0 Å². The van der Waals surface area contributed by atoms with E-state index in [1.165, 1.54) is 0 Å². The van der Waals surface area contributed by atoms with E-state index in [1.807, 2.05) is 7.05 Å². The van der Waals surface area contributed by atoms with Crippen LogP contribution >= 0.6 is 0 Å². The predicted octanol–water partition coefficient (Wildman–Crippen LogP) is 2.00. The highest BCUT2D eigenvalue weighted by atomic mass is 16.5. The maximum atomic E-state index is 12.6. The molecule has 1 saturated heterocycles. The van der Waals surface area contributed by atoms with Gasteiger partial charge in [-0.1, -0.05) is 27.2 Å². The van der Waals surface area contributed by atoms with Crippen molar-refractivity contribution >= 4 is 12.0 Å². The first-order valence-electron chi connectivity index (χ1n) is 8.51. The molecule has 23 heavy (non-hydrogen) atoms. The number of carbonyl (C=O) groups is 2. The zero-order chi connectivity index (χ0) is 17.7. The third kappa shape index (κ3) is 5.68. The van der Waals surface area contributed by atoms with Gasteiger partial charge in [-0.15, -0.1) is 0 Å². The molecule has 6 heteroatoms. The number of hydrogen-bond donors (Lipinski definition) is 2. The molecule has 1 heterocycles. The van der Waals surface area contributed by atoms with E-state index in [0.717, 1.165) is 6.42 Å². The summed E-state index contributed by atoms with van der Waals surface area (Å²) >= 11 is 0.